The van der Waals surface area contributed by atoms with Crippen LogP contribution in [0.1, 0.15) is 65.7 Å². The Bertz CT molecular complexity index is 1620. The summed E-state index contributed by atoms with van der Waals surface area (Å²) >= 11 is 0. The minimum absolute atomic E-state index is 0.0108. The molecule has 5 rings (SSSR count). The van der Waals surface area contributed by atoms with E-state index < -0.39 is 46.9 Å². The smallest absolute Gasteiger partial charge is 0.410 e. The number of hydrogen-bond acceptors (Lipinski definition) is 6. The minimum atomic E-state index is -1.30. The Labute approximate surface area is 255 Å². The monoisotopic (exact) mass is 606 g/mol. The van der Waals surface area contributed by atoms with Gasteiger partial charge in [-0.2, -0.15) is 0 Å². The van der Waals surface area contributed by atoms with E-state index in [2.05, 4.69) is 10.1 Å². The molecule has 2 amide bonds. The van der Waals surface area contributed by atoms with Gasteiger partial charge in [0.2, 0.25) is 0 Å². The van der Waals surface area contributed by atoms with Crippen LogP contribution in [0.15, 0.2) is 54.6 Å². The van der Waals surface area contributed by atoms with Gasteiger partial charge in [0.05, 0.1) is 12.7 Å². The van der Waals surface area contributed by atoms with Crippen molar-refractivity contribution in [3.8, 4) is 11.1 Å². The van der Waals surface area contributed by atoms with Gasteiger partial charge in [-0.05, 0) is 74.1 Å². The average Bonchev–Trinajstić information content (AvgIpc) is 3.23. The van der Waals surface area contributed by atoms with Crippen molar-refractivity contribution in [2.75, 3.05) is 26.7 Å². The SMILES string of the molecule is COC(=O)NCCc1ccccc1-c1ccc([C@H]2CN(C(=O)OC(C)(C)C)CC[C@@]23OC(=O)c2cc(F)c(F)cc23)c(C)c1. The van der Waals surface area contributed by atoms with E-state index in [0.717, 1.165) is 39.9 Å². The lowest BCUT2D eigenvalue weighted by Gasteiger charge is -2.45. The molecule has 3 aromatic carbocycles. The summed E-state index contributed by atoms with van der Waals surface area (Å²) in [5, 5.41) is 2.70. The number of hydrogen-bond donors (Lipinski definition) is 1. The summed E-state index contributed by atoms with van der Waals surface area (Å²) in [4.78, 5) is 39.3. The number of benzene rings is 3. The van der Waals surface area contributed by atoms with Gasteiger partial charge in [0.25, 0.3) is 0 Å². The summed E-state index contributed by atoms with van der Waals surface area (Å²) in [7, 11) is 1.32. The number of aryl methyl sites for hydroxylation is 1. The fourth-order valence-electron chi connectivity index (χ4n) is 6.19. The highest BCUT2D eigenvalue weighted by molar-refractivity contribution is 5.95. The first-order chi connectivity index (χ1) is 20.8. The van der Waals surface area contributed by atoms with E-state index in [1.807, 2.05) is 49.4 Å². The molecule has 2 atom stereocenters. The van der Waals surface area contributed by atoms with Crippen molar-refractivity contribution >= 4 is 18.2 Å². The molecule has 0 aromatic heterocycles. The lowest BCUT2D eigenvalue weighted by molar-refractivity contribution is -0.0612. The van der Waals surface area contributed by atoms with Crippen molar-refractivity contribution in [1.82, 2.24) is 10.2 Å². The quantitative estimate of drug-likeness (QED) is 0.259. The number of nitrogens with one attached hydrogen (secondary N) is 1. The number of methoxy groups -OCH3 is 1. The maximum Gasteiger partial charge on any atom is 0.410 e. The number of ether oxygens (including phenoxy) is 3. The van der Waals surface area contributed by atoms with Crippen LogP contribution in [0.25, 0.3) is 11.1 Å². The van der Waals surface area contributed by atoms with Crippen molar-refractivity contribution in [2.45, 2.75) is 57.7 Å². The normalized spacial score (nSPS) is 19.4. The second kappa shape index (κ2) is 11.9. The van der Waals surface area contributed by atoms with Crippen molar-refractivity contribution in [2.24, 2.45) is 0 Å². The van der Waals surface area contributed by atoms with Gasteiger partial charge in [-0.1, -0.05) is 42.5 Å². The molecule has 2 aliphatic heterocycles. The fraction of sp³-hybridized carbons (Fsp3) is 0.382. The molecule has 0 bridgehead atoms. The van der Waals surface area contributed by atoms with Crippen LogP contribution < -0.4 is 5.32 Å². The Hall–Kier alpha value is -4.47. The molecule has 0 aliphatic carbocycles. The first-order valence-electron chi connectivity index (χ1n) is 14.5. The van der Waals surface area contributed by atoms with E-state index in [4.69, 9.17) is 9.47 Å². The van der Waals surface area contributed by atoms with E-state index in [1.165, 1.54) is 7.11 Å². The van der Waals surface area contributed by atoms with E-state index >= 15 is 0 Å². The first kappa shape index (κ1) is 31.0. The number of esters is 1. The molecule has 1 N–H and O–H groups in total. The molecule has 2 heterocycles. The van der Waals surface area contributed by atoms with Gasteiger partial charge in [-0.15, -0.1) is 0 Å². The van der Waals surface area contributed by atoms with Crippen LogP contribution in [-0.4, -0.2) is 55.4 Å². The van der Waals surface area contributed by atoms with Crippen molar-refractivity contribution < 1.29 is 37.4 Å². The van der Waals surface area contributed by atoms with Gasteiger partial charge in [0, 0.05) is 37.5 Å². The molecule has 0 radical (unpaired) electrons. The van der Waals surface area contributed by atoms with Crippen molar-refractivity contribution in [3.05, 3.63) is 94.0 Å². The summed E-state index contributed by atoms with van der Waals surface area (Å²) in [6.45, 7) is 8.01. The van der Waals surface area contributed by atoms with Gasteiger partial charge in [0.1, 0.15) is 11.2 Å². The Kier molecular flexibility index (Phi) is 8.38. The molecule has 232 valence electrons. The average molecular weight is 607 g/mol. The Morgan fingerprint density at radius 1 is 1.07 bits per heavy atom. The third-order valence-corrected chi connectivity index (χ3v) is 8.20. The highest BCUT2D eigenvalue weighted by atomic mass is 19.2. The number of fused-ring (bicyclic) bond motifs is 2. The first-order valence-corrected chi connectivity index (χ1v) is 14.5. The summed E-state index contributed by atoms with van der Waals surface area (Å²) in [6.07, 6.45) is -0.243. The maximum atomic E-state index is 14.6. The van der Waals surface area contributed by atoms with E-state index in [1.54, 1.807) is 25.7 Å². The number of alkyl carbamates (subject to hydrolysis) is 1. The number of carbonyl (C=O) groups is 3. The van der Waals surface area contributed by atoms with Gasteiger partial charge < -0.3 is 24.4 Å². The topological polar surface area (TPSA) is 94.2 Å². The van der Waals surface area contributed by atoms with Gasteiger partial charge in [-0.25, -0.2) is 23.2 Å². The zero-order valence-electron chi connectivity index (χ0n) is 25.5. The van der Waals surface area contributed by atoms with Crippen LogP contribution in [0, 0.1) is 18.6 Å². The molecule has 0 saturated carbocycles. The zero-order valence-corrected chi connectivity index (χ0v) is 25.5. The fourth-order valence-corrected chi connectivity index (χ4v) is 6.19. The maximum absolute atomic E-state index is 14.6. The molecule has 44 heavy (non-hydrogen) atoms. The predicted octanol–water partition coefficient (Wildman–Crippen LogP) is 6.63. The standard InChI is InChI=1S/C34H36F2N2O6/c1-20-16-22(24-9-7-6-8-21(24)12-14-37-31(40)42-5)10-11-23(20)27-19-38(32(41)44-33(2,3)4)15-13-34(27)26-18-29(36)28(35)17-25(26)30(39)43-34/h6-11,16-18,27H,12-15,19H2,1-5H3,(H,37,40)/t27-,34+/m1/s1. The second-order valence-electron chi connectivity index (χ2n) is 12.2. The highest BCUT2D eigenvalue weighted by Gasteiger charge is 2.55. The Morgan fingerprint density at radius 2 is 1.80 bits per heavy atom. The lowest BCUT2D eigenvalue weighted by Crippen LogP contribution is -2.51. The molecule has 2 aliphatic rings. The third-order valence-electron chi connectivity index (χ3n) is 8.20. The molecule has 10 heteroatoms. The van der Waals surface area contributed by atoms with Crippen LogP contribution in [-0.2, 0) is 26.2 Å². The van der Waals surface area contributed by atoms with Crippen LogP contribution in [0.4, 0.5) is 18.4 Å². The molecule has 3 aromatic rings. The van der Waals surface area contributed by atoms with Crippen LogP contribution in [0.3, 0.4) is 0 Å². The van der Waals surface area contributed by atoms with Crippen LogP contribution in [0.2, 0.25) is 0 Å². The number of likely N-dealkylation sites (tertiary alicyclic amines) is 1. The number of carbonyl (C=O) groups excluding carboxylic acids is 3. The number of piperidine rings is 1. The minimum Gasteiger partial charge on any atom is -0.453 e. The Balaban J connectivity index is 1.54. The second-order valence-corrected chi connectivity index (χ2v) is 12.2. The molecule has 8 nitrogen and oxygen atoms in total. The molecule has 1 fully saturated rings. The molecule has 1 spiro atoms. The van der Waals surface area contributed by atoms with Crippen LogP contribution >= 0.6 is 0 Å². The Morgan fingerprint density at radius 3 is 2.50 bits per heavy atom. The summed E-state index contributed by atoms with van der Waals surface area (Å²) < 4.78 is 45.2. The van der Waals surface area contributed by atoms with Crippen molar-refractivity contribution in [3.63, 3.8) is 0 Å². The number of halogens is 2. The van der Waals surface area contributed by atoms with E-state index in [-0.39, 0.29) is 30.6 Å². The third kappa shape index (κ3) is 5.98. The molecule has 0 unspecified atom stereocenters. The van der Waals surface area contributed by atoms with E-state index in [0.29, 0.717) is 13.0 Å². The number of amides is 2. The van der Waals surface area contributed by atoms with Gasteiger partial charge >= 0.3 is 18.2 Å². The summed E-state index contributed by atoms with van der Waals surface area (Å²) in [5.74, 6) is -3.51. The lowest BCUT2D eigenvalue weighted by atomic mass is 9.71. The van der Waals surface area contributed by atoms with Gasteiger partial charge in [0.15, 0.2) is 11.6 Å². The predicted molar refractivity (Wildman–Crippen MR) is 159 cm³/mol. The van der Waals surface area contributed by atoms with E-state index in [9.17, 15) is 23.2 Å². The van der Waals surface area contributed by atoms with Crippen LogP contribution in [0.5, 0.6) is 0 Å². The van der Waals surface area contributed by atoms with Gasteiger partial charge in [-0.3, -0.25) is 0 Å². The number of rotatable bonds is 5. The summed E-state index contributed by atoms with van der Waals surface area (Å²) in [6, 6.07) is 15.7. The number of nitrogens with zero attached hydrogens (tertiary/aromatic N) is 1. The molecule has 1 saturated heterocycles. The zero-order chi connectivity index (χ0) is 31.8. The largest absolute Gasteiger partial charge is 0.453 e. The molecular weight excluding hydrogens is 570 g/mol. The van der Waals surface area contributed by atoms with Crippen molar-refractivity contribution in [1.29, 1.82) is 0 Å². The highest BCUT2D eigenvalue weighted by Crippen LogP contribution is 2.52. The summed E-state index contributed by atoms with van der Waals surface area (Å²) in [5.41, 5.74) is 2.87. The molecular formula is C34H36F2N2O6.